The van der Waals surface area contributed by atoms with Gasteiger partial charge in [0.05, 0.1) is 31.5 Å². The highest BCUT2D eigenvalue weighted by molar-refractivity contribution is 5.67. The van der Waals surface area contributed by atoms with Gasteiger partial charge in [-0.15, -0.1) is 0 Å². The lowest BCUT2D eigenvalue weighted by molar-refractivity contribution is -0.141. The van der Waals surface area contributed by atoms with Crippen molar-refractivity contribution in [1.29, 1.82) is 0 Å². The SMILES string of the molecule is CCCCOc1ccc(-c2ccc(C3CCC(c4ccc(OCC)cc4)OC3)c(C(F)(F)F)c2F)cc1. The number of unbranched alkanes of at least 4 members (excludes halogenated alkanes) is 1. The van der Waals surface area contributed by atoms with E-state index in [1.165, 1.54) is 12.1 Å². The second-order valence-corrected chi connectivity index (χ2v) is 9.21. The molecule has 0 N–H and O–H groups in total. The predicted molar refractivity (Wildman–Crippen MR) is 136 cm³/mol. The van der Waals surface area contributed by atoms with Crippen LogP contribution in [0.2, 0.25) is 0 Å². The van der Waals surface area contributed by atoms with E-state index in [-0.39, 0.29) is 23.8 Å². The monoisotopic (exact) mass is 516 g/mol. The first kappa shape index (κ1) is 27.0. The molecular formula is C30H32F4O3. The molecule has 0 radical (unpaired) electrons. The molecule has 0 saturated carbocycles. The van der Waals surface area contributed by atoms with Crippen LogP contribution in [-0.2, 0) is 10.9 Å². The molecule has 198 valence electrons. The van der Waals surface area contributed by atoms with E-state index in [4.69, 9.17) is 14.2 Å². The van der Waals surface area contributed by atoms with Crippen molar-refractivity contribution in [3.8, 4) is 22.6 Å². The molecule has 7 heteroatoms. The molecule has 37 heavy (non-hydrogen) atoms. The van der Waals surface area contributed by atoms with Gasteiger partial charge in [0.15, 0.2) is 0 Å². The Morgan fingerprint density at radius 2 is 1.54 bits per heavy atom. The molecule has 1 aliphatic rings. The van der Waals surface area contributed by atoms with E-state index in [2.05, 4.69) is 6.92 Å². The van der Waals surface area contributed by atoms with Crippen molar-refractivity contribution in [2.75, 3.05) is 19.8 Å². The zero-order valence-electron chi connectivity index (χ0n) is 21.1. The lowest BCUT2D eigenvalue weighted by Crippen LogP contribution is -2.23. The number of alkyl halides is 3. The lowest BCUT2D eigenvalue weighted by atomic mass is 9.85. The minimum Gasteiger partial charge on any atom is -0.494 e. The molecule has 1 heterocycles. The van der Waals surface area contributed by atoms with Crippen LogP contribution in [0.5, 0.6) is 11.5 Å². The standard InChI is InChI=1S/C30H32F4O3/c1-3-5-18-36-24-11-6-20(7-12-24)26-16-15-25(28(29(26)31)30(32,33)34)22-10-17-27(37-19-22)21-8-13-23(14-9-21)35-4-2/h6-9,11-16,22,27H,3-5,10,17-19H2,1-2H3. The average molecular weight is 517 g/mol. The maximum atomic E-state index is 15.5. The van der Waals surface area contributed by atoms with Crippen LogP contribution in [0.15, 0.2) is 60.7 Å². The van der Waals surface area contributed by atoms with Crippen molar-refractivity contribution in [1.82, 2.24) is 0 Å². The van der Waals surface area contributed by atoms with Crippen molar-refractivity contribution in [2.45, 2.75) is 57.7 Å². The summed E-state index contributed by atoms with van der Waals surface area (Å²) >= 11 is 0. The molecule has 0 amide bonds. The summed E-state index contributed by atoms with van der Waals surface area (Å²) < 4.78 is 74.9. The van der Waals surface area contributed by atoms with Gasteiger partial charge in [-0.2, -0.15) is 13.2 Å². The summed E-state index contributed by atoms with van der Waals surface area (Å²) in [5, 5.41) is 0. The molecule has 3 aromatic carbocycles. The van der Waals surface area contributed by atoms with Gasteiger partial charge < -0.3 is 14.2 Å². The third-order valence-corrected chi connectivity index (χ3v) is 6.67. The molecule has 4 rings (SSSR count). The second kappa shape index (κ2) is 12.0. The number of hydrogen-bond donors (Lipinski definition) is 0. The Morgan fingerprint density at radius 1 is 0.865 bits per heavy atom. The van der Waals surface area contributed by atoms with E-state index >= 15 is 4.39 Å². The van der Waals surface area contributed by atoms with Crippen molar-refractivity contribution < 1.29 is 31.8 Å². The van der Waals surface area contributed by atoms with Crippen molar-refractivity contribution >= 4 is 0 Å². The van der Waals surface area contributed by atoms with Gasteiger partial charge in [0.25, 0.3) is 0 Å². The first-order chi connectivity index (χ1) is 17.8. The maximum Gasteiger partial charge on any atom is 0.419 e. The van der Waals surface area contributed by atoms with Gasteiger partial charge in [0, 0.05) is 11.5 Å². The third-order valence-electron chi connectivity index (χ3n) is 6.67. The molecule has 2 atom stereocenters. The summed E-state index contributed by atoms with van der Waals surface area (Å²) in [6, 6.07) is 16.8. The van der Waals surface area contributed by atoms with Crippen LogP contribution < -0.4 is 9.47 Å². The molecule has 0 aliphatic carbocycles. The van der Waals surface area contributed by atoms with Crippen LogP contribution in [-0.4, -0.2) is 19.8 Å². The smallest absolute Gasteiger partial charge is 0.419 e. The first-order valence-corrected chi connectivity index (χ1v) is 12.8. The molecule has 0 aromatic heterocycles. The second-order valence-electron chi connectivity index (χ2n) is 9.21. The van der Waals surface area contributed by atoms with Gasteiger partial charge in [-0.3, -0.25) is 0 Å². The van der Waals surface area contributed by atoms with Crippen molar-refractivity contribution in [3.05, 3.63) is 83.2 Å². The summed E-state index contributed by atoms with van der Waals surface area (Å²) in [4.78, 5) is 0. The Hall–Kier alpha value is -3.06. The average Bonchev–Trinajstić information content (AvgIpc) is 2.89. The van der Waals surface area contributed by atoms with E-state index in [9.17, 15) is 13.2 Å². The zero-order valence-corrected chi connectivity index (χ0v) is 21.1. The minimum absolute atomic E-state index is 0.0570. The Kier molecular flexibility index (Phi) is 8.75. The quantitative estimate of drug-likeness (QED) is 0.210. The Morgan fingerprint density at radius 3 is 2.14 bits per heavy atom. The lowest BCUT2D eigenvalue weighted by Gasteiger charge is -2.31. The summed E-state index contributed by atoms with van der Waals surface area (Å²) in [7, 11) is 0. The number of rotatable bonds is 9. The van der Waals surface area contributed by atoms with Gasteiger partial charge >= 0.3 is 6.18 Å². The highest BCUT2D eigenvalue weighted by atomic mass is 19.4. The third kappa shape index (κ3) is 6.45. The van der Waals surface area contributed by atoms with Crippen LogP contribution in [0.4, 0.5) is 17.6 Å². The maximum absolute atomic E-state index is 15.5. The number of halogens is 4. The van der Waals surface area contributed by atoms with Crippen LogP contribution in [0.1, 0.15) is 68.2 Å². The molecule has 1 fully saturated rings. The van der Waals surface area contributed by atoms with Gasteiger partial charge in [-0.25, -0.2) is 4.39 Å². The summed E-state index contributed by atoms with van der Waals surface area (Å²) in [5.74, 6) is -0.442. The molecule has 0 spiro atoms. The van der Waals surface area contributed by atoms with E-state index in [1.54, 1.807) is 24.3 Å². The van der Waals surface area contributed by atoms with E-state index < -0.39 is 23.5 Å². The Labute approximate surface area is 215 Å². The molecular weight excluding hydrogens is 484 g/mol. The van der Waals surface area contributed by atoms with Crippen LogP contribution in [0, 0.1) is 5.82 Å². The number of ether oxygens (including phenoxy) is 3. The molecule has 2 unspecified atom stereocenters. The number of hydrogen-bond acceptors (Lipinski definition) is 3. The van der Waals surface area contributed by atoms with Crippen LogP contribution in [0.3, 0.4) is 0 Å². The van der Waals surface area contributed by atoms with Gasteiger partial charge in [0.1, 0.15) is 17.3 Å². The normalized spacial score (nSPS) is 18.0. The highest BCUT2D eigenvalue weighted by Crippen LogP contribution is 2.44. The van der Waals surface area contributed by atoms with Crippen molar-refractivity contribution in [2.24, 2.45) is 0 Å². The van der Waals surface area contributed by atoms with Crippen molar-refractivity contribution in [3.63, 3.8) is 0 Å². The topological polar surface area (TPSA) is 27.7 Å². The van der Waals surface area contributed by atoms with E-state index in [1.807, 2.05) is 31.2 Å². The fourth-order valence-corrected chi connectivity index (χ4v) is 4.71. The van der Waals surface area contributed by atoms with Crippen LogP contribution >= 0.6 is 0 Å². The Bertz CT molecular complexity index is 1150. The predicted octanol–water partition coefficient (Wildman–Crippen LogP) is 8.72. The minimum atomic E-state index is -4.83. The highest BCUT2D eigenvalue weighted by Gasteiger charge is 2.40. The van der Waals surface area contributed by atoms with Crippen LogP contribution in [0.25, 0.3) is 11.1 Å². The summed E-state index contributed by atoms with van der Waals surface area (Å²) in [5.41, 5.74) is -0.0329. The molecule has 3 aromatic rings. The molecule has 0 bridgehead atoms. The number of benzene rings is 3. The molecule has 3 nitrogen and oxygen atoms in total. The largest absolute Gasteiger partial charge is 0.494 e. The first-order valence-electron chi connectivity index (χ1n) is 12.8. The molecule has 1 aliphatic heterocycles. The fourth-order valence-electron chi connectivity index (χ4n) is 4.71. The Balaban J connectivity index is 1.53. The zero-order chi connectivity index (χ0) is 26.4. The van der Waals surface area contributed by atoms with Gasteiger partial charge in [-0.1, -0.05) is 49.7 Å². The fraction of sp³-hybridized carbons (Fsp3) is 0.400. The van der Waals surface area contributed by atoms with E-state index in [0.29, 0.717) is 37.4 Å². The van der Waals surface area contributed by atoms with E-state index in [0.717, 1.165) is 24.2 Å². The molecule has 1 saturated heterocycles. The van der Waals surface area contributed by atoms with Gasteiger partial charge in [0.2, 0.25) is 0 Å². The van der Waals surface area contributed by atoms with Gasteiger partial charge in [-0.05, 0) is 67.1 Å². The summed E-state index contributed by atoms with van der Waals surface area (Å²) in [6.07, 6.45) is -2.15. The summed E-state index contributed by atoms with van der Waals surface area (Å²) in [6.45, 7) is 5.17.